The van der Waals surface area contributed by atoms with Crippen LogP contribution in [0.5, 0.6) is 0 Å². The van der Waals surface area contributed by atoms with Crippen LogP contribution in [0.3, 0.4) is 0 Å². The van der Waals surface area contributed by atoms with E-state index in [-0.39, 0.29) is 15.9 Å². The van der Waals surface area contributed by atoms with Gasteiger partial charge in [-0.25, -0.2) is 13.2 Å². The molecule has 6 nitrogen and oxygen atoms in total. The van der Waals surface area contributed by atoms with Crippen LogP contribution >= 0.6 is 11.3 Å². The van der Waals surface area contributed by atoms with Gasteiger partial charge >= 0.3 is 5.97 Å². The Kier molecular flexibility index (Phi) is 4.24. The largest absolute Gasteiger partial charge is 0.478 e. The first-order chi connectivity index (χ1) is 8.91. The minimum Gasteiger partial charge on any atom is -0.478 e. The monoisotopic (exact) mass is 305 g/mol. The number of thiophene rings is 1. The summed E-state index contributed by atoms with van der Waals surface area (Å²) in [5, 5.41) is 10.1. The van der Waals surface area contributed by atoms with Gasteiger partial charge in [0.15, 0.2) is 0 Å². The van der Waals surface area contributed by atoms with Crippen LogP contribution in [-0.4, -0.2) is 50.1 Å². The maximum Gasteiger partial charge on any atom is 0.336 e. The SMILES string of the molecule is CN(CC1CCCO1)S(=O)(=O)c1cc(C(=O)O)cs1. The van der Waals surface area contributed by atoms with E-state index in [1.165, 1.54) is 22.8 Å². The number of rotatable bonds is 5. The highest BCUT2D eigenvalue weighted by Crippen LogP contribution is 2.24. The molecule has 1 unspecified atom stereocenters. The molecule has 0 aromatic carbocycles. The molecule has 0 saturated carbocycles. The molecule has 1 N–H and O–H groups in total. The van der Waals surface area contributed by atoms with Crippen molar-refractivity contribution in [3.63, 3.8) is 0 Å². The van der Waals surface area contributed by atoms with Crippen molar-refractivity contribution in [2.75, 3.05) is 20.2 Å². The molecule has 106 valence electrons. The van der Waals surface area contributed by atoms with Crippen LogP contribution in [0.15, 0.2) is 15.7 Å². The fraction of sp³-hybridized carbons (Fsp3) is 0.545. The van der Waals surface area contributed by atoms with E-state index in [0.717, 1.165) is 24.2 Å². The predicted octanol–water partition coefficient (Wildman–Crippen LogP) is 1.25. The Morgan fingerprint density at radius 3 is 2.89 bits per heavy atom. The van der Waals surface area contributed by atoms with E-state index in [1.54, 1.807) is 0 Å². The van der Waals surface area contributed by atoms with E-state index < -0.39 is 16.0 Å². The number of sulfonamides is 1. The number of ether oxygens (including phenoxy) is 1. The minimum atomic E-state index is -3.63. The number of hydrogen-bond acceptors (Lipinski definition) is 5. The predicted molar refractivity (Wildman–Crippen MR) is 70.1 cm³/mol. The molecule has 1 aromatic heterocycles. The lowest BCUT2D eigenvalue weighted by Gasteiger charge is -2.19. The Labute approximate surface area is 115 Å². The van der Waals surface area contributed by atoms with Gasteiger partial charge in [-0.1, -0.05) is 0 Å². The van der Waals surface area contributed by atoms with Crippen molar-refractivity contribution in [1.29, 1.82) is 0 Å². The lowest BCUT2D eigenvalue weighted by atomic mass is 10.2. The number of carbonyl (C=O) groups is 1. The molecule has 2 rings (SSSR count). The zero-order valence-electron chi connectivity index (χ0n) is 10.4. The van der Waals surface area contributed by atoms with E-state index in [1.807, 2.05) is 0 Å². The molecule has 2 heterocycles. The number of carboxylic acids is 1. The Balaban J connectivity index is 2.13. The topological polar surface area (TPSA) is 83.9 Å². The number of hydrogen-bond donors (Lipinski definition) is 1. The zero-order chi connectivity index (χ0) is 14.0. The molecule has 1 aromatic rings. The molecule has 1 atom stereocenters. The summed E-state index contributed by atoms with van der Waals surface area (Å²) in [6.45, 7) is 0.962. The summed E-state index contributed by atoms with van der Waals surface area (Å²) in [6, 6.07) is 1.19. The molecule has 0 aliphatic carbocycles. The van der Waals surface area contributed by atoms with Gasteiger partial charge in [-0.05, 0) is 18.9 Å². The third-order valence-corrected chi connectivity index (χ3v) is 6.21. The average Bonchev–Trinajstić information content (AvgIpc) is 2.99. The van der Waals surface area contributed by atoms with Gasteiger partial charge in [0.25, 0.3) is 10.0 Å². The minimum absolute atomic E-state index is 0.00547. The summed E-state index contributed by atoms with van der Waals surface area (Å²) >= 11 is 0.920. The Bertz CT molecular complexity index is 559. The van der Waals surface area contributed by atoms with Gasteiger partial charge in [0.05, 0.1) is 11.7 Å². The third kappa shape index (κ3) is 3.14. The molecule has 19 heavy (non-hydrogen) atoms. The summed E-state index contributed by atoms with van der Waals surface area (Å²) < 4.78 is 31.2. The highest BCUT2D eigenvalue weighted by atomic mass is 32.2. The van der Waals surface area contributed by atoms with Gasteiger partial charge in [0.2, 0.25) is 0 Å². The summed E-state index contributed by atoms with van der Waals surface area (Å²) in [5.74, 6) is -1.13. The van der Waals surface area contributed by atoms with Crippen molar-refractivity contribution in [2.24, 2.45) is 0 Å². The summed E-state index contributed by atoms with van der Waals surface area (Å²) in [7, 11) is -2.15. The second kappa shape index (κ2) is 5.58. The van der Waals surface area contributed by atoms with Crippen LogP contribution in [0.4, 0.5) is 0 Å². The Morgan fingerprint density at radius 2 is 2.37 bits per heavy atom. The molecule has 0 spiro atoms. The van der Waals surface area contributed by atoms with Crippen molar-refractivity contribution >= 4 is 27.3 Å². The molecule has 0 amide bonds. The highest BCUT2D eigenvalue weighted by Gasteiger charge is 2.27. The average molecular weight is 305 g/mol. The van der Waals surface area contributed by atoms with Crippen LogP contribution < -0.4 is 0 Å². The van der Waals surface area contributed by atoms with Gasteiger partial charge in [-0.2, -0.15) is 4.31 Å². The Morgan fingerprint density at radius 1 is 1.63 bits per heavy atom. The van der Waals surface area contributed by atoms with Gasteiger partial charge in [0.1, 0.15) is 4.21 Å². The van der Waals surface area contributed by atoms with Gasteiger partial charge < -0.3 is 9.84 Å². The van der Waals surface area contributed by atoms with Crippen LogP contribution in [0.1, 0.15) is 23.2 Å². The van der Waals surface area contributed by atoms with Crippen molar-refractivity contribution in [1.82, 2.24) is 4.31 Å². The summed E-state index contributed by atoms with van der Waals surface area (Å²) in [4.78, 5) is 10.8. The van der Waals surface area contributed by atoms with E-state index in [9.17, 15) is 13.2 Å². The maximum absolute atomic E-state index is 12.2. The second-order valence-electron chi connectivity index (χ2n) is 4.38. The normalized spacial score (nSPS) is 20.0. The van der Waals surface area contributed by atoms with E-state index in [4.69, 9.17) is 9.84 Å². The van der Waals surface area contributed by atoms with E-state index in [0.29, 0.717) is 13.2 Å². The van der Waals surface area contributed by atoms with Crippen LogP contribution in [0.2, 0.25) is 0 Å². The molecule has 1 aliphatic heterocycles. The van der Waals surface area contributed by atoms with Crippen molar-refractivity contribution in [3.8, 4) is 0 Å². The standard InChI is InChI=1S/C11H15NO5S2/c1-12(6-9-3-2-4-17-9)19(15,16)10-5-8(7-18-10)11(13)14/h5,7,9H,2-4,6H2,1H3,(H,13,14). The second-order valence-corrected chi connectivity index (χ2v) is 7.56. The number of aromatic carboxylic acids is 1. The first-order valence-electron chi connectivity index (χ1n) is 5.81. The number of carboxylic acid groups (broad SMARTS) is 1. The quantitative estimate of drug-likeness (QED) is 0.885. The fourth-order valence-electron chi connectivity index (χ4n) is 1.89. The zero-order valence-corrected chi connectivity index (χ0v) is 12.0. The van der Waals surface area contributed by atoms with Crippen molar-refractivity contribution in [2.45, 2.75) is 23.2 Å². The molecule has 8 heteroatoms. The first kappa shape index (κ1) is 14.4. The van der Waals surface area contributed by atoms with Crippen LogP contribution in [0, 0.1) is 0 Å². The van der Waals surface area contributed by atoms with Crippen LogP contribution in [0.25, 0.3) is 0 Å². The fourth-order valence-corrected chi connectivity index (χ4v) is 4.46. The number of nitrogens with zero attached hydrogens (tertiary/aromatic N) is 1. The lowest BCUT2D eigenvalue weighted by molar-refractivity contribution is 0.0697. The first-order valence-corrected chi connectivity index (χ1v) is 8.13. The summed E-state index contributed by atoms with van der Waals surface area (Å²) in [5.41, 5.74) is -0.00547. The van der Waals surface area contributed by atoms with Gasteiger partial charge in [-0.3, -0.25) is 0 Å². The smallest absolute Gasteiger partial charge is 0.336 e. The maximum atomic E-state index is 12.2. The lowest BCUT2D eigenvalue weighted by Crippen LogP contribution is -2.33. The molecule has 1 aliphatic rings. The molecule has 0 bridgehead atoms. The Hall–Kier alpha value is -0.960. The molecule has 1 fully saturated rings. The number of likely N-dealkylation sites (N-methyl/N-ethyl adjacent to an activating group) is 1. The van der Waals surface area contributed by atoms with Gasteiger partial charge in [-0.15, -0.1) is 11.3 Å². The van der Waals surface area contributed by atoms with Gasteiger partial charge in [0, 0.05) is 25.6 Å². The third-order valence-electron chi connectivity index (χ3n) is 2.97. The molecule has 1 saturated heterocycles. The van der Waals surface area contributed by atoms with Crippen molar-refractivity contribution in [3.05, 3.63) is 17.0 Å². The van der Waals surface area contributed by atoms with E-state index >= 15 is 0 Å². The molecular weight excluding hydrogens is 290 g/mol. The molecule has 0 radical (unpaired) electrons. The van der Waals surface area contributed by atoms with Crippen molar-refractivity contribution < 1.29 is 23.1 Å². The molecular formula is C11H15NO5S2. The van der Waals surface area contributed by atoms with Crippen LogP contribution in [-0.2, 0) is 14.8 Å². The van der Waals surface area contributed by atoms with E-state index in [2.05, 4.69) is 0 Å². The highest BCUT2D eigenvalue weighted by molar-refractivity contribution is 7.91. The summed E-state index contributed by atoms with van der Waals surface area (Å²) in [6.07, 6.45) is 1.73.